The molecule has 0 aromatic heterocycles. The molecule has 0 saturated carbocycles. The van der Waals surface area contributed by atoms with Crippen LogP contribution in [0.4, 0.5) is 0 Å². The van der Waals surface area contributed by atoms with E-state index < -0.39 is 0 Å². The van der Waals surface area contributed by atoms with Gasteiger partial charge in [0.25, 0.3) is 0 Å². The molecule has 3 nitrogen and oxygen atoms in total. The third-order valence-electron chi connectivity index (χ3n) is 4.16. The molecule has 1 unspecified atom stereocenters. The number of nitrogens with one attached hydrogen (secondary N) is 1. The van der Waals surface area contributed by atoms with Crippen molar-refractivity contribution in [1.29, 1.82) is 0 Å². The Morgan fingerprint density at radius 2 is 2.16 bits per heavy atom. The first-order chi connectivity index (χ1) is 9.15. The molecule has 4 heteroatoms. The minimum absolute atomic E-state index is 0.0434. The van der Waals surface area contributed by atoms with Crippen LogP contribution in [0.5, 0.6) is 11.5 Å². The highest BCUT2D eigenvalue weighted by atomic mass is 35.5. The van der Waals surface area contributed by atoms with Crippen molar-refractivity contribution in [2.75, 3.05) is 19.8 Å². The number of hydrogen-bond acceptors (Lipinski definition) is 3. The van der Waals surface area contributed by atoms with Crippen molar-refractivity contribution < 1.29 is 9.47 Å². The Hall–Kier alpha value is -0.930. The molecule has 2 heterocycles. The summed E-state index contributed by atoms with van der Waals surface area (Å²) >= 11 is 6.54. The van der Waals surface area contributed by atoms with E-state index in [4.69, 9.17) is 21.1 Å². The molecule has 1 N–H and O–H groups in total. The fourth-order valence-corrected chi connectivity index (χ4v) is 3.68. The summed E-state index contributed by atoms with van der Waals surface area (Å²) in [7, 11) is 0. The fourth-order valence-electron chi connectivity index (χ4n) is 3.26. The van der Waals surface area contributed by atoms with E-state index in [0.29, 0.717) is 13.2 Å². The summed E-state index contributed by atoms with van der Waals surface area (Å²) in [6.45, 7) is 6.64. The zero-order chi connectivity index (χ0) is 13.5. The largest absolute Gasteiger partial charge is 0.486 e. The number of hydrogen-bond donors (Lipinski definition) is 1. The SMILES string of the molecule is CCc1c2c(cc(Cl)c1C1(C)CCCN1)OCCO2. The Balaban J connectivity index is 2.18. The van der Waals surface area contributed by atoms with Gasteiger partial charge >= 0.3 is 0 Å². The molecular weight excluding hydrogens is 262 g/mol. The molecule has 3 rings (SSSR count). The van der Waals surface area contributed by atoms with Crippen LogP contribution in [0.15, 0.2) is 6.07 Å². The van der Waals surface area contributed by atoms with Gasteiger partial charge in [-0.15, -0.1) is 0 Å². The molecule has 2 aliphatic rings. The lowest BCUT2D eigenvalue weighted by molar-refractivity contribution is 0.169. The van der Waals surface area contributed by atoms with Crippen molar-refractivity contribution >= 4 is 11.6 Å². The predicted octanol–water partition coefficient (Wildman–Crippen LogP) is 3.27. The molecule has 0 aliphatic carbocycles. The van der Waals surface area contributed by atoms with Crippen molar-refractivity contribution in [3.05, 3.63) is 22.2 Å². The van der Waals surface area contributed by atoms with Crippen molar-refractivity contribution in [3.8, 4) is 11.5 Å². The van der Waals surface area contributed by atoms with Gasteiger partial charge in [-0.05, 0) is 38.3 Å². The lowest BCUT2D eigenvalue weighted by atomic mass is 9.85. The Morgan fingerprint density at radius 3 is 2.84 bits per heavy atom. The van der Waals surface area contributed by atoms with Gasteiger partial charge in [-0.1, -0.05) is 18.5 Å². The van der Waals surface area contributed by atoms with Crippen LogP contribution in [0.2, 0.25) is 5.02 Å². The molecule has 19 heavy (non-hydrogen) atoms. The zero-order valence-corrected chi connectivity index (χ0v) is 12.3. The highest BCUT2D eigenvalue weighted by molar-refractivity contribution is 6.31. The van der Waals surface area contributed by atoms with Gasteiger partial charge in [-0.3, -0.25) is 0 Å². The van der Waals surface area contributed by atoms with E-state index in [1.165, 1.54) is 17.5 Å². The monoisotopic (exact) mass is 281 g/mol. The molecular formula is C15H20ClNO2. The summed E-state index contributed by atoms with van der Waals surface area (Å²) in [6, 6.07) is 1.91. The Kier molecular flexibility index (Phi) is 3.35. The van der Waals surface area contributed by atoms with Crippen molar-refractivity contribution in [2.24, 2.45) is 0 Å². The minimum atomic E-state index is -0.0434. The van der Waals surface area contributed by atoms with Crippen molar-refractivity contribution in [1.82, 2.24) is 5.32 Å². The van der Waals surface area contributed by atoms with Crippen LogP contribution in [0.3, 0.4) is 0 Å². The lowest BCUT2D eigenvalue weighted by Crippen LogP contribution is -2.35. The third kappa shape index (κ3) is 2.09. The van der Waals surface area contributed by atoms with Gasteiger partial charge in [0.05, 0.1) is 0 Å². The smallest absolute Gasteiger partial charge is 0.164 e. The Morgan fingerprint density at radius 1 is 1.37 bits per heavy atom. The second-order valence-corrected chi connectivity index (χ2v) is 5.86. The van der Waals surface area contributed by atoms with E-state index in [2.05, 4.69) is 19.2 Å². The fraction of sp³-hybridized carbons (Fsp3) is 0.600. The van der Waals surface area contributed by atoms with E-state index in [9.17, 15) is 0 Å². The van der Waals surface area contributed by atoms with Gasteiger partial charge in [-0.25, -0.2) is 0 Å². The first kappa shape index (κ1) is 13.1. The molecule has 1 aromatic carbocycles. The topological polar surface area (TPSA) is 30.5 Å². The average molecular weight is 282 g/mol. The minimum Gasteiger partial charge on any atom is -0.486 e. The number of ether oxygens (including phenoxy) is 2. The second kappa shape index (κ2) is 4.88. The van der Waals surface area contributed by atoms with Crippen LogP contribution < -0.4 is 14.8 Å². The lowest BCUT2D eigenvalue weighted by Gasteiger charge is -2.32. The second-order valence-electron chi connectivity index (χ2n) is 5.45. The standard InChI is InChI=1S/C15H20ClNO2/c1-3-10-13(15(2)5-4-6-17-15)11(16)9-12-14(10)19-8-7-18-12/h9,17H,3-8H2,1-2H3. The molecule has 0 spiro atoms. The van der Waals surface area contributed by atoms with E-state index in [1.54, 1.807) is 0 Å². The molecule has 1 saturated heterocycles. The summed E-state index contributed by atoms with van der Waals surface area (Å²) in [4.78, 5) is 0. The molecule has 0 amide bonds. The van der Waals surface area contributed by atoms with Crippen LogP contribution in [-0.2, 0) is 12.0 Å². The third-order valence-corrected chi connectivity index (χ3v) is 4.46. The number of rotatable bonds is 2. The molecule has 2 aliphatic heterocycles. The van der Waals surface area contributed by atoms with E-state index in [1.807, 2.05) is 6.07 Å². The number of fused-ring (bicyclic) bond motifs is 1. The van der Waals surface area contributed by atoms with Gasteiger partial charge in [0.2, 0.25) is 0 Å². The van der Waals surface area contributed by atoms with Crippen molar-refractivity contribution in [2.45, 2.75) is 38.6 Å². The first-order valence-electron chi connectivity index (χ1n) is 7.02. The van der Waals surface area contributed by atoms with Crippen LogP contribution in [0, 0.1) is 0 Å². The predicted molar refractivity (Wildman–Crippen MR) is 76.4 cm³/mol. The molecule has 1 aromatic rings. The highest BCUT2D eigenvalue weighted by Gasteiger charge is 2.36. The van der Waals surface area contributed by atoms with Crippen molar-refractivity contribution in [3.63, 3.8) is 0 Å². The van der Waals surface area contributed by atoms with Crippen LogP contribution in [-0.4, -0.2) is 19.8 Å². The first-order valence-corrected chi connectivity index (χ1v) is 7.40. The summed E-state index contributed by atoms with van der Waals surface area (Å²) in [5.74, 6) is 1.68. The highest BCUT2D eigenvalue weighted by Crippen LogP contribution is 2.46. The maximum Gasteiger partial charge on any atom is 0.164 e. The maximum atomic E-state index is 6.54. The molecule has 1 atom stereocenters. The number of halogens is 1. The van der Waals surface area contributed by atoms with Gasteiger partial charge in [0.1, 0.15) is 13.2 Å². The van der Waals surface area contributed by atoms with E-state index >= 15 is 0 Å². The van der Waals surface area contributed by atoms with E-state index in [0.717, 1.165) is 35.9 Å². The summed E-state index contributed by atoms with van der Waals surface area (Å²) < 4.78 is 11.5. The summed E-state index contributed by atoms with van der Waals surface area (Å²) in [5.41, 5.74) is 2.34. The maximum absolute atomic E-state index is 6.54. The van der Waals surface area contributed by atoms with Crippen LogP contribution in [0.25, 0.3) is 0 Å². The summed E-state index contributed by atoms with van der Waals surface area (Å²) in [5, 5.41) is 4.38. The number of benzene rings is 1. The van der Waals surface area contributed by atoms with Gasteiger partial charge in [-0.2, -0.15) is 0 Å². The quantitative estimate of drug-likeness (QED) is 0.902. The van der Waals surface area contributed by atoms with Gasteiger partial charge in [0.15, 0.2) is 11.5 Å². The Labute approximate surface area is 119 Å². The van der Waals surface area contributed by atoms with Crippen LogP contribution >= 0.6 is 11.6 Å². The molecule has 104 valence electrons. The normalized spacial score (nSPS) is 25.6. The molecule has 0 radical (unpaired) electrons. The summed E-state index contributed by atoms with van der Waals surface area (Å²) in [6.07, 6.45) is 3.20. The zero-order valence-electron chi connectivity index (χ0n) is 11.5. The average Bonchev–Trinajstić information content (AvgIpc) is 2.84. The van der Waals surface area contributed by atoms with Gasteiger partial charge < -0.3 is 14.8 Å². The Bertz CT molecular complexity index is 495. The molecule has 1 fully saturated rings. The van der Waals surface area contributed by atoms with Crippen LogP contribution in [0.1, 0.15) is 37.8 Å². The van der Waals surface area contributed by atoms with E-state index in [-0.39, 0.29) is 5.54 Å². The van der Waals surface area contributed by atoms with Gasteiger partial charge in [0, 0.05) is 22.2 Å². The molecule has 0 bridgehead atoms.